The van der Waals surface area contributed by atoms with Crippen molar-refractivity contribution in [2.45, 2.75) is 6.61 Å². The van der Waals surface area contributed by atoms with Gasteiger partial charge in [0.05, 0.1) is 5.56 Å². The monoisotopic (exact) mass is 328 g/mol. The molecule has 0 atom stereocenters. The molecule has 0 saturated heterocycles. The zero-order valence-corrected chi connectivity index (χ0v) is 12.8. The van der Waals surface area contributed by atoms with Crippen LogP contribution < -0.4 is 10.1 Å². The second-order valence-electron chi connectivity index (χ2n) is 4.70. The first-order valence-corrected chi connectivity index (χ1v) is 7.77. The summed E-state index contributed by atoms with van der Waals surface area (Å²) in [6.07, 6.45) is 1.62. The van der Waals surface area contributed by atoms with E-state index in [1.165, 1.54) is 23.5 Å². The number of hydrogen-bond donors (Lipinski definition) is 1. The normalized spacial score (nSPS) is 10.3. The molecule has 0 aliphatic carbocycles. The van der Waals surface area contributed by atoms with Crippen LogP contribution in [0.15, 0.2) is 60.1 Å². The first-order chi connectivity index (χ1) is 11.2. The summed E-state index contributed by atoms with van der Waals surface area (Å²) in [4.78, 5) is 16.3. The minimum atomic E-state index is -0.294. The van der Waals surface area contributed by atoms with Gasteiger partial charge in [-0.1, -0.05) is 24.3 Å². The number of carbonyl (C=O) groups excluding carboxylic acids is 1. The highest BCUT2D eigenvalue weighted by molar-refractivity contribution is 7.13. The van der Waals surface area contributed by atoms with Crippen molar-refractivity contribution in [2.75, 3.05) is 5.32 Å². The summed E-state index contributed by atoms with van der Waals surface area (Å²) in [6, 6.07) is 13.0. The molecular formula is C17H13FN2O2S. The Kier molecular flexibility index (Phi) is 4.63. The van der Waals surface area contributed by atoms with E-state index in [0.29, 0.717) is 16.4 Å². The number of amides is 1. The number of carbonyl (C=O) groups is 1. The first kappa shape index (κ1) is 15.2. The van der Waals surface area contributed by atoms with E-state index in [1.807, 2.05) is 0 Å². The number of aromatic nitrogens is 1. The molecule has 1 aromatic heterocycles. The minimum Gasteiger partial charge on any atom is -0.488 e. The number of nitrogens with zero attached hydrogens (tertiary/aromatic N) is 1. The lowest BCUT2D eigenvalue weighted by Gasteiger charge is -2.11. The lowest BCUT2D eigenvalue weighted by molar-refractivity contribution is 0.102. The second-order valence-corrected chi connectivity index (χ2v) is 5.60. The maximum Gasteiger partial charge on any atom is 0.261 e. The van der Waals surface area contributed by atoms with Gasteiger partial charge < -0.3 is 4.74 Å². The fourth-order valence-electron chi connectivity index (χ4n) is 1.97. The van der Waals surface area contributed by atoms with Crippen molar-refractivity contribution < 1.29 is 13.9 Å². The van der Waals surface area contributed by atoms with Crippen LogP contribution in [0.5, 0.6) is 5.75 Å². The summed E-state index contributed by atoms with van der Waals surface area (Å²) >= 11 is 1.34. The van der Waals surface area contributed by atoms with Gasteiger partial charge in [-0.25, -0.2) is 9.37 Å². The van der Waals surface area contributed by atoms with Crippen molar-refractivity contribution >= 4 is 22.4 Å². The van der Waals surface area contributed by atoms with E-state index in [-0.39, 0.29) is 18.3 Å². The summed E-state index contributed by atoms with van der Waals surface area (Å²) in [5.41, 5.74) is 1.24. The number of anilines is 1. The van der Waals surface area contributed by atoms with Gasteiger partial charge >= 0.3 is 0 Å². The number of para-hydroxylation sites is 1. The van der Waals surface area contributed by atoms with Crippen molar-refractivity contribution in [1.82, 2.24) is 4.98 Å². The lowest BCUT2D eigenvalue weighted by atomic mass is 10.2. The predicted octanol–water partition coefficient (Wildman–Crippen LogP) is 4.11. The third kappa shape index (κ3) is 3.92. The average molecular weight is 328 g/mol. The summed E-state index contributed by atoms with van der Waals surface area (Å²) in [5, 5.41) is 5.04. The van der Waals surface area contributed by atoms with Crippen LogP contribution in [-0.4, -0.2) is 10.9 Å². The van der Waals surface area contributed by atoms with Crippen LogP contribution in [0.2, 0.25) is 0 Å². The number of ether oxygens (including phenoxy) is 1. The first-order valence-electron chi connectivity index (χ1n) is 6.89. The summed E-state index contributed by atoms with van der Waals surface area (Å²) < 4.78 is 18.6. The molecule has 23 heavy (non-hydrogen) atoms. The summed E-state index contributed by atoms with van der Waals surface area (Å²) in [6.45, 7) is 0.252. The van der Waals surface area contributed by atoms with Crippen LogP contribution >= 0.6 is 11.3 Å². The summed E-state index contributed by atoms with van der Waals surface area (Å²) in [5.74, 6) is -0.113. The SMILES string of the molecule is O=C(Nc1nccs1)c1ccccc1OCc1ccc(F)cc1. The molecule has 0 unspecified atom stereocenters. The molecule has 6 heteroatoms. The van der Waals surface area contributed by atoms with Gasteiger partial charge in [-0.2, -0.15) is 0 Å². The van der Waals surface area contributed by atoms with Crippen LogP contribution in [0.25, 0.3) is 0 Å². The highest BCUT2D eigenvalue weighted by Crippen LogP contribution is 2.21. The van der Waals surface area contributed by atoms with Gasteiger partial charge in [0.25, 0.3) is 5.91 Å². The molecule has 3 aromatic rings. The van der Waals surface area contributed by atoms with E-state index in [1.54, 1.807) is 48.0 Å². The van der Waals surface area contributed by atoms with Crippen molar-refractivity contribution in [3.8, 4) is 5.75 Å². The van der Waals surface area contributed by atoms with E-state index < -0.39 is 0 Å². The molecule has 0 aliphatic heterocycles. The molecule has 2 aromatic carbocycles. The Morgan fingerprint density at radius 1 is 1.17 bits per heavy atom. The number of benzene rings is 2. The largest absolute Gasteiger partial charge is 0.488 e. The van der Waals surface area contributed by atoms with Crippen molar-refractivity contribution in [3.05, 3.63) is 77.1 Å². The van der Waals surface area contributed by atoms with Crippen LogP contribution in [0.4, 0.5) is 9.52 Å². The molecule has 4 nitrogen and oxygen atoms in total. The van der Waals surface area contributed by atoms with Gasteiger partial charge in [-0.3, -0.25) is 10.1 Å². The third-order valence-corrected chi connectivity index (χ3v) is 3.78. The molecule has 0 spiro atoms. The smallest absolute Gasteiger partial charge is 0.261 e. The molecule has 0 bridgehead atoms. The molecular weight excluding hydrogens is 315 g/mol. The molecule has 1 heterocycles. The number of rotatable bonds is 5. The quantitative estimate of drug-likeness (QED) is 0.767. The standard InChI is InChI=1S/C17H13FN2O2S/c18-13-7-5-12(6-8-13)11-22-15-4-2-1-3-14(15)16(21)20-17-19-9-10-23-17/h1-10H,11H2,(H,19,20,21). The Balaban J connectivity index is 1.72. The van der Waals surface area contributed by atoms with Gasteiger partial charge in [0.2, 0.25) is 0 Å². The number of hydrogen-bond acceptors (Lipinski definition) is 4. The Hall–Kier alpha value is -2.73. The molecule has 1 amide bonds. The second kappa shape index (κ2) is 7.02. The van der Waals surface area contributed by atoms with Crippen molar-refractivity contribution in [1.29, 1.82) is 0 Å². The zero-order chi connectivity index (χ0) is 16.1. The van der Waals surface area contributed by atoms with Crippen molar-refractivity contribution in [2.24, 2.45) is 0 Å². The van der Waals surface area contributed by atoms with Crippen LogP contribution in [0.1, 0.15) is 15.9 Å². The van der Waals surface area contributed by atoms with Crippen LogP contribution in [0, 0.1) is 5.82 Å². The van der Waals surface area contributed by atoms with E-state index >= 15 is 0 Å². The predicted molar refractivity (Wildman–Crippen MR) is 87.2 cm³/mol. The van der Waals surface area contributed by atoms with E-state index in [0.717, 1.165) is 5.56 Å². The fourth-order valence-corrected chi connectivity index (χ4v) is 2.50. The van der Waals surface area contributed by atoms with Crippen LogP contribution in [-0.2, 0) is 6.61 Å². The van der Waals surface area contributed by atoms with Gasteiger partial charge in [0.1, 0.15) is 18.2 Å². The lowest BCUT2D eigenvalue weighted by Crippen LogP contribution is -2.13. The fraction of sp³-hybridized carbons (Fsp3) is 0.0588. The molecule has 3 rings (SSSR count). The Morgan fingerprint density at radius 3 is 2.70 bits per heavy atom. The average Bonchev–Trinajstić information content (AvgIpc) is 3.07. The van der Waals surface area contributed by atoms with Gasteiger partial charge in [-0.05, 0) is 29.8 Å². The Morgan fingerprint density at radius 2 is 1.96 bits per heavy atom. The number of halogens is 1. The molecule has 0 aliphatic rings. The molecule has 0 radical (unpaired) electrons. The van der Waals surface area contributed by atoms with E-state index in [9.17, 15) is 9.18 Å². The number of thiazole rings is 1. The minimum absolute atomic E-state index is 0.252. The zero-order valence-electron chi connectivity index (χ0n) is 12.0. The van der Waals surface area contributed by atoms with E-state index in [4.69, 9.17) is 4.74 Å². The molecule has 0 saturated carbocycles. The van der Waals surface area contributed by atoms with Gasteiger partial charge in [-0.15, -0.1) is 11.3 Å². The van der Waals surface area contributed by atoms with E-state index in [2.05, 4.69) is 10.3 Å². The third-order valence-electron chi connectivity index (χ3n) is 3.09. The molecule has 1 N–H and O–H groups in total. The highest BCUT2D eigenvalue weighted by Gasteiger charge is 2.13. The molecule has 0 fully saturated rings. The summed E-state index contributed by atoms with van der Waals surface area (Å²) in [7, 11) is 0. The topological polar surface area (TPSA) is 51.2 Å². The Bertz CT molecular complexity index is 789. The van der Waals surface area contributed by atoms with Gasteiger partial charge in [0.15, 0.2) is 5.13 Å². The van der Waals surface area contributed by atoms with Gasteiger partial charge in [0, 0.05) is 11.6 Å². The maximum absolute atomic E-state index is 12.9. The molecule has 116 valence electrons. The van der Waals surface area contributed by atoms with Crippen LogP contribution in [0.3, 0.4) is 0 Å². The maximum atomic E-state index is 12.9. The number of nitrogens with one attached hydrogen (secondary N) is 1. The van der Waals surface area contributed by atoms with Crippen molar-refractivity contribution in [3.63, 3.8) is 0 Å². The Labute approximate surface area is 136 Å². The highest BCUT2D eigenvalue weighted by atomic mass is 32.1.